The van der Waals surface area contributed by atoms with E-state index in [4.69, 9.17) is 0 Å². The lowest BCUT2D eigenvalue weighted by Gasteiger charge is -2.38. The van der Waals surface area contributed by atoms with E-state index in [0.717, 1.165) is 38.1 Å². The largest absolute Gasteiger partial charge is 0.479 e. The fraction of sp³-hybridized carbons (Fsp3) is 0.588. The Hall–Kier alpha value is -2.71. The van der Waals surface area contributed by atoms with Gasteiger partial charge >= 0.3 is 5.97 Å². The molecule has 138 valence electrons. The summed E-state index contributed by atoms with van der Waals surface area (Å²) in [4.78, 5) is 26.6. The van der Waals surface area contributed by atoms with Crippen LogP contribution < -0.4 is 0 Å². The Morgan fingerprint density at radius 3 is 2.58 bits per heavy atom. The number of amides is 1. The second kappa shape index (κ2) is 6.54. The molecule has 0 aromatic carbocycles. The van der Waals surface area contributed by atoms with Crippen LogP contribution in [0.3, 0.4) is 0 Å². The first-order chi connectivity index (χ1) is 12.6. The predicted molar refractivity (Wildman–Crippen MR) is 90.6 cm³/mol. The summed E-state index contributed by atoms with van der Waals surface area (Å²) in [6.45, 7) is 1.48. The Kier molecular flexibility index (Phi) is 4.21. The normalized spacial score (nSPS) is 19.6. The van der Waals surface area contributed by atoms with Crippen molar-refractivity contribution in [2.24, 2.45) is 0 Å². The molecule has 2 aromatic rings. The molecule has 0 spiro atoms. The molecule has 0 radical (unpaired) electrons. The average molecular weight is 358 g/mol. The molecule has 0 saturated carbocycles. The smallest absolute Gasteiger partial charge is 0.331 e. The maximum Gasteiger partial charge on any atom is 0.331 e. The molecule has 1 fully saturated rings. The number of carboxylic acid groups (broad SMARTS) is 1. The number of aryl methyl sites for hydroxylation is 1. The number of carboxylic acids is 1. The number of aliphatic carboxylic acids is 1. The third kappa shape index (κ3) is 2.67. The van der Waals surface area contributed by atoms with Gasteiger partial charge in [-0.2, -0.15) is 5.10 Å². The monoisotopic (exact) mass is 358 g/mol. The molecule has 9 heteroatoms. The highest BCUT2D eigenvalue weighted by Gasteiger charge is 2.45. The topological polar surface area (TPSA) is 106 Å². The van der Waals surface area contributed by atoms with Gasteiger partial charge in [0.05, 0.1) is 0 Å². The lowest BCUT2D eigenvalue weighted by atomic mass is 9.87. The van der Waals surface area contributed by atoms with Crippen LogP contribution >= 0.6 is 0 Å². The number of nitrogens with zero attached hydrogens (tertiary/aromatic N) is 6. The van der Waals surface area contributed by atoms with Crippen molar-refractivity contribution in [2.45, 2.75) is 50.6 Å². The molecule has 0 atom stereocenters. The highest BCUT2D eigenvalue weighted by Crippen LogP contribution is 2.30. The summed E-state index contributed by atoms with van der Waals surface area (Å²) in [6, 6.07) is 1.72. The Bertz CT molecular complexity index is 805. The quantitative estimate of drug-likeness (QED) is 0.874. The standard InChI is InChI=1S/C17H22N6O3/c24-15(14-20-19-13-5-2-1-3-9-22(13)14)21-11-6-17(7-12-21,16(25)26)23-10-4-8-18-23/h4,8,10H,1-3,5-7,9,11-12H2,(H,25,26). The van der Waals surface area contributed by atoms with Crippen LogP contribution in [-0.2, 0) is 23.3 Å². The number of fused-ring (bicyclic) bond motifs is 1. The second-order valence-electron chi connectivity index (χ2n) is 6.98. The minimum absolute atomic E-state index is 0.162. The van der Waals surface area contributed by atoms with Crippen LogP contribution in [0.5, 0.6) is 0 Å². The van der Waals surface area contributed by atoms with Gasteiger partial charge in [0.2, 0.25) is 5.82 Å². The van der Waals surface area contributed by atoms with Crippen molar-refractivity contribution in [3.8, 4) is 0 Å². The van der Waals surface area contributed by atoms with Crippen molar-refractivity contribution in [1.29, 1.82) is 0 Å². The van der Waals surface area contributed by atoms with Crippen LogP contribution in [0.4, 0.5) is 0 Å². The SMILES string of the molecule is O=C(c1nnc2n1CCCCC2)N1CCC(C(=O)O)(n2cccn2)CC1. The number of carbonyl (C=O) groups is 2. The first-order valence-corrected chi connectivity index (χ1v) is 9.07. The zero-order valence-electron chi connectivity index (χ0n) is 14.5. The third-order valence-electron chi connectivity index (χ3n) is 5.52. The molecule has 4 heterocycles. The minimum atomic E-state index is -1.10. The van der Waals surface area contributed by atoms with Crippen molar-refractivity contribution >= 4 is 11.9 Å². The van der Waals surface area contributed by atoms with Crippen molar-refractivity contribution in [1.82, 2.24) is 29.4 Å². The number of rotatable bonds is 3. The van der Waals surface area contributed by atoms with Crippen LogP contribution in [-0.4, -0.2) is 59.5 Å². The molecule has 2 aliphatic heterocycles. The van der Waals surface area contributed by atoms with Gasteiger partial charge < -0.3 is 14.6 Å². The summed E-state index contributed by atoms with van der Waals surface area (Å²) in [7, 11) is 0. The molecule has 1 saturated heterocycles. The second-order valence-corrected chi connectivity index (χ2v) is 6.98. The summed E-state index contributed by atoms with van der Waals surface area (Å²) in [5, 5.41) is 22.2. The Labute approximate surface area is 150 Å². The summed E-state index contributed by atoms with van der Waals surface area (Å²) < 4.78 is 3.43. The van der Waals surface area contributed by atoms with E-state index in [-0.39, 0.29) is 5.91 Å². The first kappa shape index (κ1) is 16.7. The number of hydrogen-bond donors (Lipinski definition) is 1. The van der Waals surface area contributed by atoms with Gasteiger partial charge in [-0.25, -0.2) is 4.79 Å². The summed E-state index contributed by atoms with van der Waals surface area (Å²) in [5.74, 6) is 0.179. The van der Waals surface area contributed by atoms with Crippen molar-refractivity contribution in [2.75, 3.05) is 13.1 Å². The zero-order valence-corrected chi connectivity index (χ0v) is 14.5. The van der Waals surface area contributed by atoms with Crippen LogP contribution in [0.15, 0.2) is 18.5 Å². The molecule has 1 N–H and O–H groups in total. The van der Waals surface area contributed by atoms with Gasteiger partial charge in [0.15, 0.2) is 5.54 Å². The van der Waals surface area contributed by atoms with Crippen LogP contribution in [0.2, 0.25) is 0 Å². The fourth-order valence-electron chi connectivity index (χ4n) is 3.93. The van der Waals surface area contributed by atoms with E-state index in [1.165, 1.54) is 4.68 Å². The molecule has 1 amide bonds. The van der Waals surface area contributed by atoms with Crippen LogP contribution in [0.1, 0.15) is 48.5 Å². The van der Waals surface area contributed by atoms with Gasteiger partial charge in [0, 0.05) is 51.3 Å². The van der Waals surface area contributed by atoms with Gasteiger partial charge in [-0.1, -0.05) is 6.42 Å². The maximum atomic E-state index is 12.9. The maximum absolute atomic E-state index is 12.9. The van der Waals surface area contributed by atoms with Crippen LogP contribution in [0.25, 0.3) is 0 Å². The molecule has 2 aliphatic rings. The van der Waals surface area contributed by atoms with Crippen molar-refractivity contribution < 1.29 is 14.7 Å². The molecule has 0 unspecified atom stereocenters. The molecule has 9 nitrogen and oxygen atoms in total. The van der Waals surface area contributed by atoms with E-state index in [0.29, 0.717) is 31.8 Å². The van der Waals surface area contributed by atoms with Gasteiger partial charge in [-0.05, 0) is 18.9 Å². The van der Waals surface area contributed by atoms with Gasteiger partial charge in [0.1, 0.15) is 5.82 Å². The lowest BCUT2D eigenvalue weighted by Crippen LogP contribution is -2.52. The van der Waals surface area contributed by atoms with Gasteiger partial charge in [0.25, 0.3) is 5.91 Å². The third-order valence-corrected chi connectivity index (χ3v) is 5.52. The summed E-state index contributed by atoms with van der Waals surface area (Å²) in [6.07, 6.45) is 7.95. The number of aromatic nitrogens is 5. The number of likely N-dealkylation sites (tertiary alicyclic amines) is 1. The molecular formula is C17H22N6O3. The van der Waals surface area contributed by atoms with E-state index >= 15 is 0 Å². The van der Waals surface area contributed by atoms with E-state index in [9.17, 15) is 14.7 Å². The average Bonchev–Trinajstić information content (AvgIpc) is 3.27. The summed E-state index contributed by atoms with van der Waals surface area (Å²) in [5.41, 5.74) is -1.10. The van der Waals surface area contributed by atoms with E-state index in [2.05, 4.69) is 15.3 Å². The van der Waals surface area contributed by atoms with E-state index < -0.39 is 11.5 Å². The Balaban J connectivity index is 1.52. The first-order valence-electron chi connectivity index (χ1n) is 9.07. The number of piperidine rings is 1. The molecule has 2 aromatic heterocycles. The molecular weight excluding hydrogens is 336 g/mol. The van der Waals surface area contributed by atoms with Crippen LogP contribution in [0, 0.1) is 0 Å². The summed E-state index contributed by atoms with van der Waals surface area (Å²) >= 11 is 0. The van der Waals surface area contributed by atoms with E-state index in [1.54, 1.807) is 23.4 Å². The molecule has 0 bridgehead atoms. The number of hydrogen-bond acceptors (Lipinski definition) is 5. The minimum Gasteiger partial charge on any atom is -0.479 e. The van der Waals surface area contributed by atoms with Gasteiger partial charge in [-0.15, -0.1) is 10.2 Å². The Morgan fingerprint density at radius 2 is 1.88 bits per heavy atom. The zero-order chi connectivity index (χ0) is 18.1. The van der Waals surface area contributed by atoms with Gasteiger partial charge in [-0.3, -0.25) is 9.48 Å². The van der Waals surface area contributed by atoms with Crippen molar-refractivity contribution in [3.63, 3.8) is 0 Å². The van der Waals surface area contributed by atoms with E-state index in [1.807, 2.05) is 4.57 Å². The predicted octanol–water partition coefficient (Wildman–Crippen LogP) is 0.917. The highest BCUT2D eigenvalue weighted by molar-refractivity contribution is 5.91. The molecule has 26 heavy (non-hydrogen) atoms. The highest BCUT2D eigenvalue weighted by atomic mass is 16.4. The Morgan fingerprint density at radius 1 is 1.08 bits per heavy atom. The molecule has 0 aliphatic carbocycles. The lowest BCUT2D eigenvalue weighted by molar-refractivity contribution is -0.150. The molecule has 4 rings (SSSR count). The fourth-order valence-corrected chi connectivity index (χ4v) is 3.93. The number of carbonyl (C=O) groups excluding carboxylic acids is 1. The van der Waals surface area contributed by atoms with Crippen molar-refractivity contribution in [3.05, 3.63) is 30.1 Å².